The molecule has 0 saturated heterocycles. The Kier molecular flexibility index (Phi) is 8.88. The number of unbranched alkanes of at least 4 members (excludes halogenated alkanes) is 2. The zero-order valence-electron chi connectivity index (χ0n) is 12.7. The quantitative estimate of drug-likeness (QED) is 0.424. The Morgan fingerprint density at radius 1 is 1.30 bits per heavy atom. The number of rotatable bonds is 10. The molecule has 0 saturated carbocycles. The molecule has 0 aromatic carbocycles. The molecule has 0 aromatic rings. The van der Waals surface area contributed by atoms with Gasteiger partial charge in [0, 0.05) is 19.4 Å². The molecule has 5 heteroatoms. The van der Waals surface area contributed by atoms with E-state index in [9.17, 15) is 14.7 Å². The summed E-state index contributed by atoms with van der Waals surface area (Å²) in [4.78, 5) is 23.3. The zero-order valence-corrected chi connectivity index (χ0v) is 12.7. The van der Waals surface area contributed by atoms with Gasteiger partial charge in [0.15, 0.2) is 0 Å². The number of aliphatic carboxylic acids is 1. The van der Waals surface area contributed by atoms with E-state index < -0.39 is 11.5 Å². The second-order valence-electron chi connectivity index (χ2n) is 5.27. The van der Waals surface area contributed by atoms with E-state index in [4.69, 9.17) is 5.11 Å². The predicted molar refractivity (Wildman–Crippen MR) is 78.3 cm³/mol. The fourth-order valence-electron chi connectivity index (χ4n) is 2.01. The van der Waals surface area contributed by atoms with Gasteiger partial charge in [-0.05, 0) is 12.3 Å². The average molecular weight is 285 g/mol. The molecule has 0 radical (unpaired) electrons. The highest BCUT2D eigenvalue weighted by Gasteiger charge is 2.42. The molecular weight excluding hydrogens is 258 g/mol. The summed E-state index contributed by atoms with van der Waals surface area (Å²) in [6.07, 6.45) is 6.97. The van der Waals surface area contributed by atoms with Crippen LogP contribution in [0.5, 0.6) is 0 Å². The van der Waals surface area contributed by atoms with E-state index in [1.807, 2.05) is 6.08 Å². The molecule has 0 fully saturated rings. The first-order valence-electron chi connectivity index (χ1n) is 7.21. The monoisotopic (exact) mass is 285 g/mol. The van der Waals surface area contributed by atoms with Gasteiger partial charge >= 0.3 is 5.97 Å². The molecule has 5 nitrogen and oxygen atoms in total. The van der Waals surface area contributed by atoms with Gasteiger partial charge in [0.05, 0.1) is 0 Å². The Morgan fingerprint density at radius 3 is 2.40 bits per heavy atom. The fraction of sp³-hybridized carbons (Fsp3) is 0.733. The Labute approximate surface area is 121 Å². The third-order valence-corrected chi connectivity index (χ3v) is 3.43. The molecule has 0 aliphatic heterocycles. The van der Waals surface area contributed by atoms with Crippen molar-refractivity contribution in [3.63, 3.8) is 0 Å². The van der Waals surface area contributed by atoms with E-state index in [0.29, 0.717) is 0 Å². The van der Waals surface area contributed by atoms with Crippen LogP contribution in [-0.2, 0) is 9.59 Å². The number of hydrogen-bond acceptors (Lipinski definition) is 3. The molecule has 0 unspecified atom stereocenters. The Hall–Kier alpha value is -1.36. The zero-order chi connectivity index (χ0) is 15.6. The minimum Gasteiger partial charge on any atom is -0.479 e. The van der Waals surface area contributed by atoms with Gasteiger partial charge in [0.2, 0.25) is 5.91 Å². The SMILES string of the molecule is CCCC/C=C/CC(=O)N[C@@](CCO)(C(=O)O)C(C)C. The second-order valence-corrected chi connectivity index (χ2v) is 5.27. The van der Waals surface area contributed by atoms with E-state index >= 15 is 0 Å². The van der Waals surface area contributed by atoms with E-state index in [-0.39, 0.29) is 31.3 Å². The number of carbonyl (C=O) groups excluding carboxylic acids is 1. The lowest BCUT2D eigenvalue weighted by Crippen LogP contribution is -2.58. The van der Waals surface area contributed by atoms with E-state index in [1.165, 1.54) is 0 Å². The molecule has 1 atom stereocenters. The van der Waals surface area contributed by atoms with Crippen molar-refractivity contribution in [3.05, 3.63) is 12.2 Å². The molecule has 20 heavy (non-hydrogen) atoms. The van der Waals surface area contributed by atoms with Crippen LogP contribution in [-0.4, -0.2) is 34.2 Å². The number of carboxylic acid groups (broad SMARTS) is 1. The second kappa shape index (κ2) is 9.53. The summed E-state index contributed by atoms with van der Waals surface area (Å²) in [5.74, 6) is -1.74. The molecule has 0 rings (SSSR count). The first-order valence-corrected chi connectivity index (χ1v) is 7.21. The van der Waals surface area contributed by atoms with Crippen LogP contribution in [0.3, 0.4) is 0 Å². The molecule has 0 heterocycles. The standard InChI is InChI=1S/C15H27NO4/c1-4-5-6-7-8-9-13(18)16-15(10-11-17,12(2)3)14(19)20/h7-8,12,17H,4-6,9-11H2,1-3H3,(H,16,18)(H,19,20)/b8-7+/t15-/m1/s1. The van der Waals surface area contributed by atoms with Gasteiger partial charge in [0.25, 0.3) is 0 Å². The van der Waals surface area contributed by atoms with Crippen LogP contribution < -0.4 is 5.32 Å². The smallest absolute Gasteiger partial charge is 0.329 e. The van der Waals surface area contributed by atoms with Crippen LogP contribution >= 0.6 is 0 Å². The third kappa shape index (κ3) is 5.74. The molecule has 0 spiro atoms. The van der Waals surface area contributed by atoms with Crippen LogP contribution in [0, 0.1) is 5.92 Å². The predicted octanol–water partition coefficient (Wildman–Crippen LogP) is 2.10. The number of carboxylic acids is 1. The van der Waals surface area contributed by atoms with E-state index in [1.54, 1.807) is 19.9 Å². The maximum atomic E-state index is 11.9. The Balaban J connectivity index is 4.62. The average Bonchev–Trinajstić information content (AvgIpc) is 2.37. The minimum absolute atomic E-state index is 0.00525. The van der Waals surface area contributed by atoms with Crippen LogP contribution in [0.25, 0.3) is 0 Å². The van der Waals surface area contributed by atoms with Gasteiger partial charge in [-0.2, -0.15) is 0 Å². The maximum absolute atomic E-state index is 11.9. The number of carbonyl (C=O) groups is 2. The van der Waals surface area contributed by atoms with Crippen LogP contribution in [0.4, 0.5) is 0 Å². The molecule has 1 amide bonds. The summed E-state index contributed by atoms with van der Waals surface area (Å²) in [6.45, 7) is 5.26. The van der Waals surface area contributed by atoms with Crippen molar-refractivity contribution in [1.29, 1.82) is 0 Å². The molecule has 0 aromatic heterocycles. The van der Waals surface area contributed by atoms with Crippen molar-refractivity contribution < 1.29 is 19.8 Å². The highest BCUT2D eigenvalue weighted by Crippen LogP contribution is 2.22. The first kappa shape index (κ1) is 18.6. The molecular formula is C15H27NO4. The van der Waals surface area contributed by atoms with Crippen molar-refractivity contribution in [3.8, 4) is 0 Å². The van der Waals surface area contributed by atoms with Crippen LogP contribution in [0.2, 0.25) is 0 Å². The lowest BCUT2D eigenvalue weighted by molar-refractivity contribution is -0.150. The molecule has 116 valence electrons. The summed E-state index contributed by atoms with van der Waals surface area (Å²) in [6, 6.07) is 0. The highest BCUT2D eigenvalue weighted by molar-refractivity contribution is 5.87. The number of aliphatic hydroxyl groups is 1. The van der Waals surface area contributed by atoms with Gasteiger partial charge in [-0.3, -0.25) is 4.79 Å². The van der Waals surface area contributed by atoms with Crippen LogP contribution in [0.1, 0.15) is 52.9 Å². The fourth-order valence-corrected chi connectivity index (χ4v) is 2.01. The van der Waals surface area contributed by atoms with Gasteiger partial charge in [0.1, 0.15) is 5.54 Å². The normalized spacial score (nSPS) is 14.4. The molecule has 3 N–H and O–H groups in total. The first-order chi connectivity index (χ1) is 9.40. The summed E-state index contributed by atoms with van der Waals surface area (Å²) < 4.78 is 0. The van der Waals surface area contributed by atoms with Crippen molar-refractivity contribution in [2.24, 2.45) is 5.92 Å². The molecule has 0 bridgehead atoms. The topological polar surface area (TPSA) is 86.6 Å². The number of allylic oxidation sites excluding steroid dienone is 1. The number of aliphatic hydroxyl groups excluding tert-OH is 1. The largest absolute Gasteiger partial charge is 0.479 e. The van der Waals surface area contributed by atoms with Crippen molar-refractivity contribution in [2.45, 2.75) is 58.4 Å². The van der Waals surface area contributed by atoms with E-state index in [2.05, 4.69) is 12.2 Å². The van der Waals surface area contributed by atoms with Gasteiger partial charge in [-0.1, -0.05) is 45.8 Å². The highest BCUT2D eigenvalue weighted by atomic mass is 16.4. The number of hydrogen-bond donors (Lipinski definition) is 3. The minimum atomic E-state index is -1.40. The Bertz CT molecular complexity index is 339. The summed E-state index contributed by atoms with van der Waals surface area (Å²) >= 11 is 0. The molecule has 0 aliphatic carbocycles. The van der Waals surface area contributed by atoms with Crippen molar-refractivity contribution in [2.75, 3.05) is 6.61 Å². The lowest BCUT2D eigenvalue weighted by atomic mass is 9.83. The summed E-state index contributed by atoms with van der Waals surface area (Å²) in [7, 11) is 0. The van der Waals surface area contributed by atoms with Crippen LogP contribution in [0.15, 0.2) is 12.2 Å². The van der Waals surface area contributed by atoms with Gasteiger partial charge in [-0.25, -0.2) is 4.79 Å². The van der Waals surface area contributed by atoms with Gasteiger partial charge < -0.3 is 15.5 Å². The van der Waals surface area contributed by atoms with E-state index in [0.717, 1.165) is 19.3 Å². The van der Waals surface area contributed by atoms with Gasteiger partial charge in [-0.15, -0.1) is 0 Å². The summed E-state index contributed by atoms with van der Waals surface area (Å²) in [5.41, 5.74) is -1.40. The van der Waals surface area contributed by atoms with Crippen molar-refractivity contribution in [1.82, 2.24) is 5.32 Å². The lowest BCUT2D eigenvalue weighted by Gasteiger charge is -2.33. The number of amides is 1. The Morgan fingerprint density at radius 2 is 1.95 bits per heavy atom. The third-order valence-electron chi connectivity index (χ3n) is 3.43. The summed E-state index contributed by atoms with van der Waals surface area (Å²) in [5, 5.41) is 21.0. The number of nitrogens with one attached hydrogen (secondary N) is 1. The maximum Gasteiger partial charge on any atom is 0.329 e. The molecule has 0 aliphatic rings. The van der Waals surface area contributed by atoms with Crippen molar-refractivity contribution >= 4 is 11.9 Å².